The lowest BCUT2D eigenvalue weighted by molar-refractivity contribution is -0.154. The fourth-order valence-corrected chi connectivity index (χ4v) is 2.03. The molecule has 8 nitrogen and oxygen atoms in total. The van der Waals surface area contributed by atoms with Crippen molar-refractivity contribution in [2.45, 2.75) is 13.0 Å². The topological polar surface area (TPSA) is 114 Å². The predicted molar refractivity (Wildman–Crippen MR) is 96.3 cm³/mol. The molecule has 0 heterocycles. The summed E-state index contributed by atoms with van der Waals surface area (Å²) in [6.45, 7) is 0.827. The van der Waals surface area contributed by atoms with Crippen molar-refractivity contribution in [3.8, 4) is 0 Å². The van der Waals surface area contributed by atoms with Gasteiger partial charge in [-0.2, -0.15) is 0 Å². The van der Waals surface area contributed by atoms with Crippen LogP contribution in [0.5, 0.6) is 0 Å². The van der Waals surface area contributed by atoms with Crippen LogP contribution in [-0.4, -0.2) is 36.3 Å². The van der Waals surface area contributed by atoms with Crippen LogP contribution in [0.4, 0.5) is 4.39 Å². The molecule has 3 amide bonds. The van der Waals surface area contributed by atoms with E-state index in [4.69, 9.17) is 4.74 Å². The third-order valence-corrected chi connectivity index (χ3v) is 3.51. The van der Waals surface area contributed by atoms with Gasteiger partial charge in [-0.05, 0) is 43.3 Å². The molecule has 28 heavy (non-hydrogen) atoms. The number of esters is 1. The average molecular weight is 387 g/mol. The number of hydrogen-bond acceptors (Lipinski definition) is 5. The number of amides is 3. The van der Waals surface area contributed by atoms with Crippen LogP contribution >= 0.6 is 0 Å². The minimum absolute atomic E-state index is 0.170. The van der Waals surface area contributed by atoms with Crippen LogP contribution in [0.3, 0.4) is 0 Å². The summed E-state index contributed by atoms with van der Waals surface area (Å²) in [4.78, 5) is 47.3. The van der Waals surface area contributed by atoms with Gasteiger partial charge >= 0.3 is 5.97 Å². The maximum absolute atomic E-state index is 12.8. The first-order valence-corrected chi connectivity index (χ1v) is 8.25. The van der Waals surface area contributed by atoms with Crippen LogP contribution < -0.4 is 16.2 Å². The van der Waals surface area contributed by atoms with Crippen molar-refractivity contribution >= 4 is 23.7 Å². The van der Waals surface area contributed by atoms with Crippen molar-refractivity contribution in [2.75, 3.05) is 6.54 Å². The van der Waals surface area contributed by atoms with Gasteiger partial charge in [0.1, 0.15) is 12.4 Å². The number of ether oxygens (including phenoxy) is 1. The minimum atomic E-state index is -1.20. The van der Waals surface area contributed by atoms with Gasteiger partial charge in [-0.1, -0.05) is 18.2 Å². The molecule has 0 saturated heterocycles. The summed E-state index contributed by atoms with van der Waals surface area (Å²) in [7, 11) is 0. The second-order valence-corrected chi connectivity index (χ2v) is 5.63. The Labute approximate surface area is 160 Å². The highest BCUT2D eigenvalue weighted by molar-refractivity contribution is 5.97. The average Bonchev–Trinajstić information content (AvgIpc) is 2.71. The smallest absolute Gasteiger partial charge is 0.326 e. The summed E-state index contributed by atoms with van der Waals surface area (Å²) in [5.41, 5.74) is 4.86. The highest BCUT2D eigenvalue weighted by Gasteiger charge is 2.19. The van der Waals surface area contributed by atoms with E-state index in [9.17, 15) is 23.6 Å². The molecule has 2 rings (SSSR count). The summed E-state index contributed by atoms with van der Waals surface area (Å²) in [6, 6.07) is 13.0. The number of rotatable bonds is 6. The first kappa shape index (κ1) is 20.6. The van der Waals surface area contributed by atoms with Crippen LogP contribution in [0.15, 0.2) is 54.6 Å². The zero-order valence-corrected chi connectivity index (χ0v) is 14.9. The summed E-state index contributed by atoms with van der Waals surface area (Å²) in [6.07, 6.45) is -1.20. The van der Waals surface area contributed by atoms with Crippen molar-refractivity contribution in [3.63, 3.8) is 0 Å². The van der Waals surface area contributed by atoms with Crippen LogP contribution in [0.25, 0.3) is 0 Å². The molecule has 0 saturated carbocycles. The lowest BCUT2D eigenvalue weighted by Gasteiger charge is -2.14. The van der Waals surface area contributed by atoms with E-state index in [0.717, 1.165) is 12.1 Å². The summed E-state index contributed by atoms with van der Waals surface area (Å²) in [5, 5.41) is 2.30. The fourth-order valence-electron chi connectivity index (χ4n) is 2.03. The number of benzene rings is 2. The monoisotopic (exact) mass is 387 g/mol. The van der Waals surface area contributed by atoms with E-state index in [1.54, 1.807) is 30.3 Å². The van der Waals surface area contributed by atoms with Crippen LogP contribution in [-0.2, 0) is 14.3 Å². The van der Waals surface area contributed by atoms with Crippen molar-refractivity contribution in [3.05, 3.63) is 71.5 Å². The maximum Gasteiger partial charge on any atom is 0.326 e. The molecule has 2 aromatic rings. The Morgan fingerprint density at radius 1 is 0.893 bits per heavy atom. The van der Waals surface area contributed by atoms with E-state index in [-0.39, 0.29) is 5.56 Å². The van der Waals surface area contributed by atoms with E-state index in [1.165, 1.54) is 19.1 Å². The van der Waals surface area contributed by atoms with E-state index in [1.807, 2.05) is 0 Å². The molecule has 0 radical (unpaired) electrons. The third-order valence-electron chi connectivity index (χ3n) is 3.51. The molecule has 1 atom stereocenters. The van der Waals surface area contributed by atoms with Gasteiger partial charge in [-0.25, -0.2) is 4.39 Å². The number of halogens is 1. The fraction of sp³-hybridized carbons (Fsp3) is 0.158. The molecule has 0 bridgehead atoms. The Morgan fingerprint density at radius 2 is 1.50 bits per heavy atom. The van der Waals surface area contributed by atoms with Gasteiger partial charge in [0.15, 0.2) is 6.10 Å². The first-order valence-electron chi connectivity index (χ1n) is 8.25. The third kappa shape index (κ3) is 6.20. The standard InChI is InChI=1S/C19H18FN3O5/c1-12(17(25)22-23-19(27)13-5-3-2-4-6-13)28-16(24)11-21-18(26)14-7-9-15(20)10-8-14/h2-10,12H,11H2,1H3,(H,21,26)(H,22,25)(H,23,27)/t12-/m1/s1. The molecule has 0 aromatic heterocycles. The Kier molecular flexibility index (Phi) is 7.21. The summed E-state index contributed by atoms with van der Waals surface area (Å²) in [5.74, 6) is -3.21. The summed E-state index contributed by atoms with van der Waals surface area (Å²) >= 11 is 0. The second-order valence-electron chi connectivity index (χ2n) is 5.63. The molecular formula is C19H18FN3O5. The van der Waals surface area contributed by atoms with Gasteiger partial charge in [0.05, 0.1) is 0 Å². The minimum Gasteiger partial charge on any atom is -0.451 e. The van der Waals surface area contributed by atoms with Crippen molar-refractivity contribution in [2.24, 2.45) is 0 Å². The molecule has 0 aliphatic carbocycles. The molecular weight excluding hydrogens is 369 g/mol. The number of carbonyl (C=O) groups excluding carboxylic acids is 4. The highest BCUT2D eigenvalue weighted by atomic mass is 19.1. The molecule has 0 aliphatic heterocycles. The highest BCUT2D eigenvalue weighted by Crippen LogP contribution is 2.02. The van der Waals surface area contributed by atoms with Crippen molar-refractivity contribution in [1.82, 2.24) is 16.2 Å². The number of nitrogens with one attached hydrogen (secondary N) is 3. The predicted octanol–water partition coefficient (Wildman–Crippen LogP) is 0.948. The Hall–Kier alpha value is -3.75. The van der Waals surface area contributed by atoms with Gasteiger partial charge in [0.2, 0.25) is 0 Å². The molecule has 0 aliphatic rings. The van der Waals surface area contributed by atoms with Gasteiger partial charge in [-0.15, -0.1) is 0 Å². The normalized spacial score (nSPS) is 11.1. The SMILES string of the molecule is C[C@@H](OC(=O)CNC(=O)c1ccc(F)cc1)C(=O)NNC(=O)c1ccccc1. The lowest BCUT2D eigenvalue weighted by atomic mass is 10.2. The zero-order chi connectivity index (χ0) is 20.5. The molecule has 9 heteroatoms. The largest absolute Gasteiger partial charge is 0.451 e. The molecule has 0 spiro atoms. The van der Waals surface area contributed by atoms with Gasteiger partial charge < -0.3 is 10.1 Å². The van der Waals surface area contributed by atoms with Gasteiger partial charge in [0, 0.05) is 11.1 Å². The Bertz CT molecular complexity index is 856. The lowest BCUT2D eigenvalue weighted by Crippen LogP contribution is -2.47. The zero-order valence-electron chi connectivity index (χ0n) is 14.9. The molecule has 2 aromatic carbocycles. The number of hydrogen-bond donors (Lipinski definition) is 3. The van der Waals surface area contributed by atoms with Gasteiger partial charge in [-0.3, -0.25) is 30.0 Å². The molecule has 0 unspecified atom stereocenters. The van der Waals surface area contributed by atoms with E-state index >= 15 is 0 Å². The van der Waals surface area contributed by atoms with Crippen molar-refractivity contribution < 1.29 is 28.3 Å². The number of carbonyl (C=O) groups is 4. The van der Waals surface area contributed by atoms with E-state index in [0.29, 0.717) is 5.56 Å². The Morgan fingerprint density at radius 3 is 2.14 bits per heavy atom. The van der Waals surface area contributed by atoms with Gasteiger partial charge in [0.25, 0.3) is 17.7 Å². The Balaban J connectivity index is 1.73. The second kappa shape index (κ2) is 9.81. The number of hydrazine groups is 1. The van der Waals surface area contributed by atoms with Crippen molar-refractivity contribution in [1.29, 1.82) is 0 Å². The first-order chi connectivity index (χ1) is 13.4. The molecule has 3 N–H and O–H groups in total. The van der Waals surface area contributed by atoms with Crippen LogP contribution in [0.2, 0.25) is 0 Å². The summed E-state index contributed by atoms with van der Waals surface area (Å²) < 4.78 is 17.7. The maximum atomic E-state index is 12.8. The van der Waals surface area contributed by atoms with Crippen LogP contribution in [0.1, 0.15) is 27.6 Å². The van der Waals surface area contributed by atoms with E-state index in [2.05, 4.69) is 16.2 Å². The molecule has 146 valence electrons. The molecule has 0 fully saturated rings. The quantitative estimate of drug-likeness (QED) is 0.504. The van der Waals surface area contributed by atoms with E-state index < -0.39 is 42.2 Å². The van der Waals surface area contributed by atoms with Crippen LogP contribution in [0, 0.1) is 5.82 Å².